The molecule has 0 aromatic heterocycles. The number of carbonyl (C=O) groups is 1. The molecule has 2 rings (SSSR count). The maximum absolute atomic E-state index is 11.8. The summed E-state index contributed by atoms with van der Waals surface area (Å²) >= 11 is 5.96. The minimum absolute atomic E-state index is 0.188. The Bertz CT molecular complexity index is 793. The monoisotopic (exact) mass is 390 g/mol. The van der Waals surface area contributed by atoms with Crippen molar-refractivity contribution in [3.8, 4) is 17.2 Å². The topological polar surface area (TPSA) is 69.2 Å². The second-order valence-electron chi connectivity index (χ2n) is 6.13. The van der Waals surface area contributed by atoms with Crippen LogP contribution in [0.5, 0.6) is 17.2 Å². The molecule has 0 saturated carbocycles. The van der Waals surface area contributed by atoms with E-state index in [1.807, 2.05) is 12.1 Å². The first-order valence-electron chi connectivity index (χ1n) is 8.49. The van der Waals surface area contributed by atoms with Crippen LogP contribution in [0.1, 0.15) is 19.4 Å². The third-order valence-corrected chi connectivity index (χ3v) is 3.67. The number of hydrazone groups is 1. The van der Waals surface area contributed by atoms with E-state index in [4.69, 9.17) is 25.8 Å². The minimum atomic E-state index is -0.393. The Kier molecular flexibility index (Phi) is 7.95. The van der Waals surface area contributed by atoms with Gasteiger partial charge in [-0.15, -0.1) is 0 Å². The van der Waals surface area contributed by atoms with Gasteiger partial charge in [0.25, 0.3) is 5.91 Å². The average Bonchev–Trinajstić information content (AvgIpc) is 2.66. The van der Waals surface area contributed by atoms with Gasteiger partial charge in [0.2, 0.25) is 0 Å². The normalized spacial score (nSPS) is 10.9. The number of ether oxygens (including phenoxy) is 3. The summed E-state index contributed by atoms with van der Waals surface area (Å²) in [6, 6.07) is 12.4. The van der Waals surface area contributed by atoms with Gasteiger partial charge < -0.3 is 14.2 Å². The van der Waals surface area contributed by atoms with Crippen molar-refractivity contribution >= 4 is 23.7 Å². The second kappa shape index (κ2) is 10.4. The number of benzene rings is 2. The quantitative estimate of drug-likeness (QED) is 0.520. The molecule has 0 aliphatic heterocycles. The molecule has 0 spiro atoms. The van der Waals surface area contributed by atoms with Crippen molar-refractivity contribution in [2.24, 2.45) is 11.0 Å². The molecule has 0 bridgehead atoms. The molecule has 2 aromatic rings. The van der Waals surface area contributed by atoms with Crippen molar-refractivity contribution in [2.45, 2.75) is 13.8 Å². The highest BCUT2D eigenvalue weighted by Crippen LogP contribution is 2.28. The third-order valence-electron chi connectivity index (χ3n) is 3.36. The zero-order chi connectivity index (χ0) is 19.6. The molecule has 0 fully saturated rings. The SMILES string of the molecule is COc1cc(/C=N\NC(=O)COc2ccccc2Cl)ccc1OCC(C)C. The van der Waals surface area contributed by atoms with Crippen molar-refractivity contribution in [3.63, 3.8) is 0 Å². The van der Waals surface area contributed by atoms with E-state index < -0.39 is 5.91 Å². The Morgan fingerprint density at radius 1 is 1.15 bits per heavy atom. The van der Waals surface area contributed by atoms with Crippen molar-refractivity contribution in [2.75, 3.05) is 20.3 Å². The number of hydrogen-bond acceptors (Lipinski definition) is 5. The predicted octanol–water partition coefficient (Wildman–Crippen LogP) is 3.91. The smallest absolute Gasteiger partial charge is 0.277 e. The average molecular weight is 391 g/mol. The van der Waals surface area contributed by atoms with E-state index in [-0.39, 0.29) is 6.61 Å². The van der Waals surface area contributed by atoms with Gasteiger partial charge >= 0.3 is 0 Å². The summed E-state index contributed by atoms with van der Waals surface area (Å²) in [5.74, 6) is 1.74. The number of para-hydroxylation sites is 1. The molecule has 7 heteroatoms. The van der Waals surface area contributed by atoms with Crippen LogP contribution in [0.3, 0.4) is 0 Å². The number of rotatable bonds is 9. The Morgan fingerprint density at radius 2 is 1.93 bits per heavy atom. The Morgan fingerprint density at radius 3 is 2.63 bits per heavy atom. The van der Waals surface area contributed by atoms with Crippen LogP contribution in [-0.2, 0) is 4.79 Å². The first kappa shape index (κ1) is 20.6. The molecule has 144 valence electrons. The highest BCUT2D eigenvalue weighted by Gasteiger charge is 2.07. The zero-order valence-electron chi connectivity index (χ0n) is 15.6. The van der Waals surface area contributed by atoms with Gasteiger partial charge in [-0.05, 0) is 41.8 Å². The van der Waals surface area contributed by atoms with Gasteiger partial charge in [0.15, 0.2) is 18.1 Å². The van der Waals surface area contributed by atoms with Crippen molar-refractivity contribution in [1.29, 1.82) is 0 Å². The van der Waals surface area contributed by atoms with E-state index in [2.05, 4.69) is 24.4 Å². The summed E-state index contributed by atoms with van der Waals surface area (Å²) in [6.07, 6.45) is 1.52. The van der Waals surface area contributed by atoms with Crippen LogP contribution >= 0.6 is 11.6 Å². The summed E-state index contributed by atoms with van der Waals surface area (Å²) in [5, 5.41) is 4.37. The summed E-state index contributed by atoms with van der Waals surface area (Å²) in [7, 11) is 1.58. The van der Waals surface area contributed by atoms with Crippen molar-refractivity contribution in [3.05, 3.63) is 53.1 Å². The first-order valence-corrected chi connectivity index (χ1v) is 8.87. The van der Waals surface area contributed by atoms with E-state index in [0.717, 1.165) is 5.56 Å². The largest absolute Gasteiger partial charge is 0.493 e. The molecule has 27 heavy (non-hydrogen) atoms. The standard InChI is InChI=1S/C20H23ClN2O4/c1-14(2)12-26-18-9-8-15(10-19(18)25-3)11-22-23-20(24)13-27-17-7-5-4-6-16(17)21/h4-11,14H,12-13H2,1-3H3,(H,23,24)/b22-11-. The van der Waals surface area contributed by atoms with Gasteiger partial charge in [0.05, 0.1) is 25.0 Å². The van der Waals surface area contributed by atoms with E-state index in [9.17, 15) is 4.79 Å². The van der Waals surface area contributed by atoms with Gasteiger partial charge in [-0.2, -0.15) is 5.10 Å². The van der Waals surface area contributed by atoms with Gasteiger partial charge in [-0.25, -0.2) is 5.43 Å². The number of carbonyl (C=O) groups excluding carboxylic acids is 1. The lowest BCUT2D eigenvalue weighted by molar-refractivity contribution is -0.123. The fourth-order valence-corrected chi connectivity index (χ4v) is 2.25. The molecule has 0 aliphatic rings. The maximum atomic E-state index is 11.8. The van der Waals surface area contributed by atoms with Gasteiger partial charge in [-0.1, -0.05) is 37.6 Å². The number of nitrogens with zero attached hydrogens (tertiary/aromatic N) is 1. The van der Waals surface area contributed by atoms with Crippen LogP contribution in [0, 0.1) is 5.92 Å². The molecule has 0 aliphatic carbocycles. The molecular weight excluding hydrogens is 368 g/mol. The lowest BCUT2D eigenvalue weighted by Crippen LogP contribution is -2.24. The van der Waals surface area contributed by atoms with Gasteiger partial charge in [-0.3, -0.25) is 4.79 Å². The molecule has 0 radical (unpaired) electrons. The summed E-state index contributed by atoms with van der Waals surface area (Å²) in [6.45, 7) is 4.56. The van der Waals surface area contributed by atoms with Crippen molar-refractivity contribution in [1.82, 2.24) is 5.43 Å². The van der Waals surface area contributed by atoms with Crippen LogP contribution in [0.15, 0.2) is 47.6 Å². The molecule has 0 atom stereocenters. The van der Waals surface area contributed by atoms with Crippen molar-refractivity contribution < 1.29 is 19.0 Å². The Hall–Kier alpha value is -2.73. The highest BCUT2D eigenvalue weighted by atomic mass is 35.5. The first-order chi connectivity index (χ1) is 13.0. The molecule has 2 aromatic carbocycles. The molecule has 6 nitrogen and oxygen atoms in total. The summed E-state index contributed by atoms with van der Waals surface area (Å²) < 4.78 is 16.4. The van der Waals surface area contributed by atoms with Gasteiger partial charge in [0, 0.05) is 0 Å². The summed E-state index contributed by atoms with van der Waals surface area (Å²) in [5.41, 5.74) is 3.16. The Balaban J connectivity index is 1.87. The summed E-state index contributed by atoms with van der Waals surface area (Å²) in [4.78, 5) is 11.8. The maximum Gasteiger partial charge on any atom is 0.277 e. The predicted molar refractivity (Wildman–Crippen MR) is 106 cm³/mol. The van der Waals surface area contributed by atoms with Gasteiger partial charge in [0.1, 0.15) is 5.75 Å². The molecule has 0 heterocycles. The number of halogens is 1. The fourth-order valence-electron chi connectivity index (χ4n) is 2.06. The molecule has 0 saturated heterocycles. The van der Waals surface area contributed by atoms with E-state index in [1.165, 1.54) is 6.21 Å². The lowest BCUT2D eigenvalue weighted by atomic mass is 10.2. The number of hydrogen-bond donors (Lipinski definition) is 1. The van der Waals surface area contributed by atoms with Crippen LogP contribution in [-0.4, -0.2) is 32.4 Å². The van der Waals surface area contributed by atoms with E-state index >= 15 is 0 Å². The molecular formula is C20H23ClN2O4. The highest BCUT2D eigenvalue weighted by molar-refractivity contribution is 6.32. The van der Waals surface area contributed by atoms with Crippen LogP contribution < -0.4 is 19.6 Å². The number of methoxy groups -OCH3 is 1. The minimum Gasteiger partial charge on any atom is -0.493 e. The van der Waals surface area contributed by atoms with E-state index in [1.54, 1.807) is 37.4 Å². The van der Waals surface area contributed by atoms with Crippen LogP contribution in [0.4, 0.5) is 0 Å². The van der Waals surface area contributed by atoms with E-state index in [0.29, 0.717) is 34.8 Å². The Labute approximate surface area is 164 Å². The molecule has 1 N–H and O–H groups in total. The van der Waals surface area contributed by atoms with Crippen LogP contribution in [0.2, 0.25) is 5.02 Å². The lowest BCUT2D eigenvalue weighted by Gasteiger charge is -2.12. The second-order valence-corrected chi connectivity index (χ2v) is 6.53. The number of nitrogens with one attached hydrogen (secondary N) is 1. The molecule has 0 unspecified atom stereocenters. The number of amides is 1. The zero-order valence-corrected chi connectivity index (χ0v) is 16.3. The van der Waals surface area contributed by atoms with Crippen LogP contribution in [0.25, 0.3) is 0 Å². The molecule has 1 amide bonds. The third kappa shape index (κ3) is 6.83. The fraction of sp³-hybridized carbons (Fsp3) is 0.300.